The van der Waals surface area contributed by atoms with Crippen molar-refractivity contribution < 1.29 is 33.3 Å². The third-order valence-corrected chi connectivity index (χ3v) is 5.53. The minimum Gasteiger partial charge on any atom is -0.493 e. The Hall–Kier alpha value is -2.81. The van der Waals surface area contributed by atoms with Gasteiger partial charge in [0.15, 0.2) is 0 Å². The van der Waals surface area contributed by atoms with Gasteiger partial charge in [-0.25, -0.2) is 9.59 Å². The summed E-state index contributed by atoms with van der Waals surface area (Å²) in [5.74, 6) is -0.000700. The van der Waals surface area contributed by atoms with Crippen molar-refractivity contribution in [1.82, 2.24) is 10.2 Å². The van der Waals surface area contributed by atoms with Crippen molar-refractivity contribution >= 4 is 18.0 Å². The zero-order chi connectivity index (χ0) is 25.1. The van der Waals surface area contributed by atoms with Crippen LogP contribution >= 0.6 is 0 Å². The highest BCUT2D eigenvalue weighted by Gasteiger charge is 2.46. The van der Waals surface area contributed by atoms with Gasteiger partial charge in [0, 0.05) is 25.5 Å². The Morgan fingerprint density at radius 2 is 1.79 bits per heavy atom. The molecule has 3 rings (SSSR count). The van der Waals surface area contributed by atoms with Crippen molar-refractivity contribution in [3.8, 4) is 11.5 Å². The second kappa shape index (κ2) is 10.2. The van der Waals surface area contributed by atoms with Crippen molar-refractivity contribution in [3.63, 3.8) is 0 Å². The summed E-state index contributed by atoms with van der Waals surface area (Å²) in [6, 6.07) is 5.01. The first-order chi connectivity index (χ1) is 15.8. The van der Waals surface area contributed by atoms with Gasteiger partial charge < -0.3 is 29.2 Å². The van der Waals surface area contributed by atoms with Gasteiger partial charge >= 0.3 is 12.1 Å². The number of benzene rings is 1. The molecular weight excluding hydrogens is 440 g/mol. The van der Waals surface area contributed by atoms with Crippen LogP contribution in [0.2, 0.25) is 0 Å². The first-order valence-electron chi connectivity index (χ1n) is 11.7. The SMILES string of the molecule is CC(C)(C)OC(=O)[C@@H]1C[C@@H]2CN1C(=O)[C@H](C(C)(C)C)NC(=O)Oc1cccc(c1)OCCCO2. The molecular formula is C25H36N2O7. The van der Waals surface area contributed by atoms with Crippen molar-refractivity contribution in [3.05, 3.63) is 24.3 Å². The van der Waals surface area contributed by atoms with E-state index in [1.807, 2.05) is 20.8 Å². The van der Waals surface area contributed by atoms with Gasteiger partial charge in [0.05, 0.1) is 19.3 Å². The Morgan fingerprint density at radius 1 is 1.09 bits per heavy atom. The molecule has 0 aromatic heterocycles. The standard InChI is InChI=1S/C25H36N2O7/c1-24(2,3)20-21(28)27-15-18(14-19(27)22(29)34-25(4,5)6)32-12-8-11-31-16-9-7-10-17(13-16)33-23(30)26-20/h7,9-10,13,18-20H,8,11-12,14-15H2,1-6H3,(H,26,30)/t18-,19+,20-/m1/s1. The van der Waals surface area contributed by atoms with Crippen molar-refractivity contribution in [2.45, 2.75) is 78.2 Å². The fraction of sp³-hybridized carbons (Fsp3) is 0.640. The molecule has 1 fully saturated rings. The highest BCUT2D eigenvalue weighted by atomic mass is 16.6. The Bertz CT molecular complexity index is 903. The van der Waals surface area contributed by atoms with Crippen LogP contribution in [0, 0.1) is 5.41 Å². The molecule has 2 amide bonds. The Balaban J connectivity index is 1.90. The number of carbonyl (C=O) groups is 3. The lowest BCUT2D eigenvalue weighted by Crippen LogP contribution is -2.57. The van der Waals surface area contributed by atoms with Crippen LogP contribution in [0.4, 0.5) is 4.79 Å². The summed E-state index contributed by atoms with van der Waals surface area (Å²) < 4.78 is 22.8. The molecule has 0 aliphatic carbocycles. The molecule has 2 aliphatic rings. The largest absolute Gasteiger partial charge is 0.493 e. The average Bonchev–Trinajstić information content (AvgIpc) is 3.13. The quantitative estimate of drug-likeness (QED) is 0.620. The lowest BCUT2D eigenvalue weighted by atomic mass is 9.85. The number of nitrogens with zero attached hydrogens (tertiary/aromatic N) is 1. The number of rotatable bonds is 1. The second-order valence-corrected chi connectivity index (χ2v) is 10.8. The normalized spacial score (nSPS) is 24.6. The van der Waals surface area contributed by atoms with E-state index in [0.717, 1.165) is 0 Å². The lowest BCUT2D eigenvalue weighted by Gasteiger charge is -2.35. The van der Waals surface area contributed by atoms with Crippen molar-refractivity contribution in [2.75, 3.05) is 19.8 Å². The number of hydrogen-bond acceptors (Lipinski definition) is 7. The third kappa shape index (κ3) is 6.85. The molecule has 0 spiro atoms. The Kier molecular flexibility index (Phi) is 7.75. The molecule has 34 heavy (non-hydrogen) atoms. The lowest BCUT2D eigenvalue weighted by molar-refractivity contribution is -0.164. The van der Waals surface area contributed by atoms with E-state index < -0.39 is 35.2 Å². The van der Waals surface area contributed by atoms with Crippen LogP contribution in [-0.2, 0) is 19.1 Å². The van der Waals surface area contributed by atoms with E-state index in [1.54, 1.807) is 45.0 Å². The molecule has 3 atom stereocenters. The molecule has 0 radical (unpaired) electrons. The van der Waals surface area contributed by atoms with Crippen LogP contribution in [0.1, 0.15) is 54.4 Å². The molecule has 1 saturated heterocycles. The maximum atomic E-state index is 13.7. The van der Waals surface area contributed by atoms with Gasteiger partial charge in [-0.15, -0.1) is 0 Å². The molecule has 1 aromatic rings. The van der Waals surface area contributed by atoms with Crippen LogP contribution in [0.5, 0.6) is 11.5 Å². The van der Waals surface area contributed by atoms with E-state index in [4.69, 9.17) is 18.9 Å². The van der Waals surface area contributed by atoms with Gasteiger partial charge in [-0.3, -0.25) is 4.79 Å². The molecule has 1 aromatic carbocycles. The third-order valence-electron chi connectivity index (χ3n) is 5.53. The van der Waals surface area contributed by atoms with E-state index in [-0.39, 0.29) is 18.6 Å². The van der Waals surface area contributed by atoms with Gasteiger partial charge in [0.2, 0.25) is 5.91 Å². The van der Waals surface area contributed by atoms with Crippen LogP contribution < -0.4 is 14.8 Å². The van der Waals surface area contributed by atoms with Gasteiger partial charge in [0.25, 0.3) is 0 Å². The second-order valence-electron chi connectivity index (χ2n) is 10.8. The number of nitrogens with one attached hydrogen (secondary N) is 1. The number of amides is 2. The first kappa shape index (κ1) is 25.8. The minimum absolute atomic E-state index is 0.228. The Labute approximate surface area is 201 Å². The highest BCUT2D eigenvalue weighted by Crippen LogP contribution is 2.29. The maximum absolute atomic E-state index is 13.7. The smallest absolute Gasteiger partial charge is 0.413 e. The van der Waals surface area contributed by atoms with Gasteiger partial charge in [-0.05, 0) is 38.3 Å². The number of esters is 1. The molecule has 0 saturated carbocycles. The van der Waals surface area contributed by atoms with Crippen LogP contribution in [0.15, 0.2) is 24.3 Å². The number of fused-ring (bicyclic) bond motifs is 4. The predicted molar refractivity (Wildman–Crippen MR) is 125 cm³/mol. The molecule has 9 heteroatoms. The minimum atomic E-state index is -0.934. The molecule has 2 aliphatic heterocycles. The zero-order valence-corrected chi connectivity index (χ0v) is 20.9. The molecule has 2 heterocycles. The topological polar surface area (TPSA) is 103 Å². The molecule has 1 N–H and O–H groups in total. The van der Waals surface area contributed by atoms with E-state index in [1.165, 1.54) is 4.90 Å². The first-order valence-corrected chi connectivity index (χ1v) is 11.7. The van der Waals surface area contributed by atoms with Crippen LogP contribution in [0.25, 0.3) is 0 Å². The van der Waals surface area contributed by atoms with E-state index in [9.17, 15) is 14.4 Å². The number of ether oxygens (including phenoxy) is 4. The molecule has 4 bridgehead atoms. The van der Waals surface area contributed by atoms with E-state index >= 15 is 0 Å². The fourth-order valence-electron chi connectivity index (χ4n) is 3.95. The number of hydrogen-bond donors (Lipinski definition) is 1. The van der Waals surface area contributed by atoms with Crippen LogP contribution in [0.3, 0.4) is 0 Å². The molecule has 0 unspecified atom stereocenters. The summed E-state index contributed by atoms with van der Waals surface area (Å²) >= 11 is 0. The highest BCUT2D eigenvalue weighted by molar-refractivity contribution is 5.91. The maximum Gasteiger partial charge on any atom is 0.413 e. The molecule has 9 nitrogen and oxygen atoms in total. The predicted octanol–water partition coefficient (Wildman–Crippen LogP) is 3.30. The summed E-state index contributed by atoms with van der Waals surface area (Å²) in [5, 5.41) is 2.70. The van der Waals surface area contributed by atoms with Gasteiger partial charge in [-0.1, -0.05) is 26.8 Å². The van der Waals surface area contributed by atoms with Crippen LogP contribution in [-0.4, -0.2) is 66.4 Å². The summed E-state index contributed by atoms with van der Waals surface area (Å²) in [6.45, 7) is 11.9. The van der Waals surface area contributed by atoms with Crippen molar-refractivity contribution in [2.24, 2.45) is 5.41 Å². The van der Waals surface area contributed by atoms with E-state index in [2.05, 4.69) is 5.32 Å². The van der Waals surface area contributed by atoms with Crippen molar-refractivity contribution in [1.29, 1.82) is 0 Å². The van der Waals surface area contributed by atoms with E-state index in [0.29, 0.717) is 37.6 Å². The Morgan fingerprint density at radius 3 is 2.47 bits per heavy atom. The summed E-state index contributed by atoms with van der Waals surface area (Å²) in [4.78, 5) is 40.9. The van der Waals surface area contributed by atoms with Gasteiger partial charge in [-0.2, -0.15) is 0 Å². The van der Waals surface area contributed by atoms with Gasteiger partial charge in [0.1, 0.15) is 29.2 Å². The summed E-state index contributed by atoms with van der Waals surface area (Å²) in [7, 11) is 0. The average molecular weight is 477 g/mol. The number of carbonyl (C=O) groups excluding carboxylic acids is 3. The molecule has 188 valence electrons. The summed E-state index contributed by atoms with van der Waals surface area (Å²) in [5.41, 5.74) is -1.35. The fourth-order valence-corrected chi connectivity index (χ4v) is 3.95. The summed E-state index contributed by atoms with van der Waals surface area (Å²) in [6.07, 6.45) is -0.148. The zero-order valence-electron chi connectivity index (χ0n) is 20.9. The monoisotopic (exact) mass is 476 g/mol.